The lowest BCUT2D eigenvalue weighted by atomic mass is 10.2. The van der Waals surface area contributed by atoms with E-state index in [1.165, 1.54) is 6.33 Å². The Balaban J connectivity index is 2.06. The van der Waals surface area contributed by atoms with Crippen molar-refractivity contribution in [1.82, 2.24) is 14.9 Å². The minimum absolute atomic E-state index is 0.0181. The van der Waals surface area contributed by atoms with Crippen molar-refractivity contribution in [3.05, 3.63) is 42.4 Å². The smallest absolute Gasteiger partial charge is 0.274 e. The molecule has 2 aromatic rings. The molecule has 7 heteroatoms. The maximum Gasteiger partial charge on any atom is 0.274 e. The van der Waals surface area contributed by atoms with Gasteiger partial charge in [-0.2, -0.15) is 0 Å². The summed E-state index contributed by atoms with van der Waals surface area (Å²) < 4.78 is 5.72. The number of carbonyl (C=O) groups is 1. The van der Waals surface area contributed by atoms with Crippen LogP contribution in [0.2, 0.25) is 0 Å². The van der Waals surface area contributed by atoms with Gasteiger partial charge in [-0.15, -0.1) is 0 Å². The topological polar surface area (TPSA) is 79.4 Å². The molecule has 1 aromatic carbocycles. The molecule has 0 aliphatic carbocycles. The van der Waals surface area contributed by atoms with Crippen LogP contribution in [0.3, 0.4) is 0 Å². The van der Waals surface area contributed by atoms with Crippen LogP contribution in [0.25, 0.3) is 0 Å². The molecule has 0 atom stereocenters. The van der Waals surface area contributed by atoms with E-state index in [4.69, 9.17) is 4.74 Å². The number of amides is 1. The summed E-state index contributed by atoms with van der Waals surface area (Å²) in [4.78, 5) is 22.7. The number of ether oxygens (including phenoxy) is 1. The molecular weight excluding hydrogens is 318 g/mol. The summed E-state index contributed by atoms with van der Waals surface area (Å²) in [5, 5.41) is 6.02. The molecule has 0 radical (unpaired) electrons. The Morgan fingerprint density at radius 3 is 2.72 bits per heavy atom. The fraction of sp³-hybridized carbons (Fsp3) is 0.389. The number of carbonyl (C=O) groups excluding carboxylic acids is 1. The monoisotopic (exact) mass is 343 g/mol. The van der Waals surface area contributed by atoms with E-state index < -0.39 is 0 Å². The van der Waals surface area contributed by atoms with Crippen LogP contribution in [0.5, 0.6) is 5.75 Å². The van der Waals surface area contributed by atoms with Crippen molar-refractivity contribution in [3.8, 4) is 5.75 Å². The number of likely N-dealkylation sites (N-methyl/N-ethyl adjacent to an activating group) is 1. The predicted molar refractivity (Wildman–Crippen MR) is 99.2 cm³/mol. The first-order valence-corrected chi connectivity index (χ1v) is 8.23. The minimum Gasteiger partial charge on any atom is -0.489 e. The molecule has 0 fully saturated rings. The van der Waals surface area contributed by atoms with Gasteiger partial charge < -0.3 is 20.3 Å². The fourth-order valence-corrected chi connectivity index (χ4v) is 2.10. The first kappa shape index (κ1) is 18.7. The fourth-order valence-electron chi connectivity index (χ4n) is 2.10. The highest BCUT2D eigenvalue weighted by Crippen LogP contribution is 2.25. The van der Waals surface area contributed by atoms with Gasteiger partial charge in [-0.25, -0.2) is 9.97 Å². The van der Waals surface area contributed by atoms with Gasteiger partial charge in [0.2, 0.25) is 0 Å². The first-order valence-electron chi connectivity index (χ1n) is 8.23. The highest BCUT2D eigenvalue weighted by molar-refractivity contribution is 6.04. The third kappa shape index (κ3) is 6.04. The standard InChI is InChI=1S/C18H25N5O2/c1-13(2)25-16-8-6-5-7-14(16)22-18(24)15-11-17(21-12-20-15)19-9-10-23(3)4/h5-8,11-13H,9-10H2,1-4H3,(H,22,24)(H,19,20,21). The zero-order chi connectivity index (χ0) is 18.2. The maximum atomic E-state index is 12.5. The third-order valence-corrected chi connectivity index (χ3v) is 3.26. The maximum absolute atomic E-state index is 12.5. The van der Waals surface area contributed by atoms with Crippen molar-refractivity contribution in [2.45, 2.75) is 20.0 Å². The highest BCUT2D eigenvalue weighted by atomic mass is 16.5. The zero-order valence-corrected chi connectivity index (χ0v) is 15.1. The molecule has 1 amide bonds. The van der Waals surface area contributed by atoms with E-state index in [1.807, 2.05) is 46.1 Å². The molecule has 2 N–H and O–H groups in total. The van der Waals surface area contributed by atoms with Crippen molar-refractivity contribution in [3.63, 3.8) is 0 Å². The van der Waals surface area contributed by atoms with Gasteiger partial charge in [-0.05, 0) is 40.1 Å². The Morgan fingerprint density at radius 2 is 2.00 bits per heavy atom. The van der Waals surface area contributed by atoms with Crippen LogP contribution >= 0.6 is 0 Å². The molecule has 0 unspecified atom stereocenters. The largest absolute Gasteiger partial charge is 0.489 e. The van der Waals surface area contributed by atoms with E-state index in [0.717, 1.165) is 13.1 Å². The highest BCUT2D eigenvalue weighted by Gasteiger charge is 2.12. The van der Waals surface area contributed by atoms with Gasteiger partial charge >= 0.3 is 0 Å². The Hall–Kier alpha value is -2.67. The van der Waals surface area contributed by atoms with Crippen LogP contribution in [-0.4, -0.2) is 54.1 Å². The lowest BCUT2D eigenvalue weighted by Gasteiger charge is -2.15. The van der Waals surface area contributed by atoms with Gasteiger partial charge in [0.1, 0.15) is 23.6 Å². The van der Waals surface area contributed by atoms with Gasteiger partial charge in [-0.1, -0.05) is 12.1 Å². The molecule has 2 rings (SSSR count). The molecule has 0 saturated carbocycles. The average molecular weight is 343 g/mol. The van der Waals surface area contributed by atoms with Crippen molar-refractivity contribution in [1.29, 1.82) is 0 Å². The lowest BCUT2D eigenvalue weighted by Crippen LogP contribution is -2.21. The second kappa shape index (κ2) is 8.98. The van der Waals surface area contributed by atoms with Gasteiger partial charge in [0, 0.05) is 19.2 Å². The molecule has 134 valence electrons. The van der Waals surface area contributed by atoms with Gasteiger partial charge in [0.25, 0.3) is 5.91 Å². The Labute approximate surface area is 148 Å². The number of hydrogen-bond donors (Lipinski definition) is 2. The number of nitrogens with one attached hydrogen (secondary N) is 2. The molecule has 1 heterocycles. The molecule has 7 nitrogen and oxygen atoms in total. The number of para-hydroxylation sites is 2. The molecule has 0 bridgehead atoms. The molecule has 0 aliphatic rings. The summed E-state index contributed by atoms with van der Waals surface area (Å²) in [5.74, 6) is 0.941. The molecular formula is C18H25N5O2. The van der Waals surface area contributed by atoms with Gasteiger partial charge in [-0.3, -0.25) is 4.79 Å². The number of hydrogen-bond acceptors (Lipinski definition) is 6. The zero-order valence-electron chi connectivity index (χ0n) is 15.1. The van der Waals surface area contributed by atoms with Crippen LogP contribution in [0.1, 0.15) is 24.3 Å². The predicted octanol–water partition coefficient (Wildman–Crippen LogP) is 2.49. The van der Waals surface area contributed by atoms with Crippen LogP contribution < -0.4 is 15.4 Å². The third-order valence-electron chi connectivity index (χ3n) is 3.26. The normalized spacial score (nSPS) is 10.8. The number of rotatable bonds is 8. The number of nitrogens with zero attached hydrogens (tertiary/aromatic N) is 3. The summed E-state index contributed by atoms with van der Waals surface area (Å²) >= 11 is 0. The second-order valence-electron chi connectivity index (χ2n) is 6.14. The second-order valence-corrected chi connectivity index (χ2v) is 6.14. The summed E-state index contributed by atoms with van der Waals surface area (Å²) in [6.45, 7) is 5.48. The summed E-state index contributed by atoms with van der Waals surface area (Å²) in [6.07, 6.45) is 1.40. The van der Waals surface area contributed by atoms with E-state index in [-0.39, 0.29) is 12.0 Å². The van der Waals surface area contributed by atoms with Crippen LogP contribution in [0.4, 0.5) is 11.5 Å². The number of benzene rings is 1. The Kier molecular flexibility index (Phi) is 6.71. The van der Waals surface area contributed by atoms with E-state index in [2.05, 4.69) is 25.5 Å². The van der Waals surface area contributed by atoms with E-state index in [9.17, 15) is 4.79 Å². The first-order chi connectivity index (χ1) is 12.0. The van der Waals surface area contributed by atoms with E-state index in [1.54, 1.807) is 12.1 Å². The Bertz CT molecular complexity index is 703. The van der Waals surface area contributed by atoms with Crippen molar-refractivity contribution < 1.29 is 9.53 Å². The van der Waals surface area contributed by atoms with Gasteiger partial charge in [0.05, 0.1) is 11.8 Å². The molecule has 0 aliphatic heterocycles. The number of aromatic nitrogens is 2. The summed E-state index contributed by atoms with van der Waals surface area (Å²) in [7, 11) is 3.99. The average Bonchev–Trinajstić information content (AvgIpc) is 2.56. The summed E-state index contributed by atoms with van der Waals surface area (Å²) in [6, 6.07) is 8.97. The van der Waals surface area contributed by atoms with Gasteiger partial charge in [0.15, 0.2) is 0 Å². The van der Waals surface area contributed by atoms with Crippen molar-refractivity contribution >= 4 is 17.4 Å². The quantitative estimate of drug-likeness (QED) is 0.767. The van der Waals surface area contributed by atoms with Crippen molar-refractivity contribution in [2.75, 3.05) is 37.8 Å². The number of anilines is 2. The van der Waals surface area contributed by atoms with E-state index in [0.29, 0.717) is 22.9 Å². The molecule has 1 aromatic heterocycles. The van der Waals surface area contributed by atoms with Crippen LogP contribution in [0, 0.1) is 0 Å². The lowest BCUT2D eigenvalue weighted by molar-refractivity contribution is 0.102. The molecule has 0 saturated heterocycles. The molecule has 25 heavy (non-hydrogen) atoms. The Morgan fingerprint density at radius 1 is 1.24 bits per heavy atom. The van der Waals surface area contributed by atoms with Crippen molar-refractivity contribution in [2.24, 2.45) is 0 Å². The molecule has 0 spiro atoms. The minimum atomic E-state index is -0.308. The SMILES string of the molecule is CC(C)Oc1ccccc1NC(=O)c1cc(NCCN(C)C)ncn1. The van der Waals surface area contributed by atoms with Crippen LogP contribution in [-0.2, 0) is 0 Å². The summed E-state index contributed by atoms with van der Waals surface area (Å²) in [5.41, 5.74) is 0.906. The van der Waals surface area contributed by atoms with E-state index >= 15 is 0 Å². The van der Waals surface area contributed by atoms with Crippen LogP contribution in [0.15, 0.2) is 36.7 Å².